The molecule has 0 saturated carbocycles. The maximum atomic E-state index is 12.5. The lowest BCUT2D eigenvalue weighted by Gasteiger charge is -2.17. The maximum absolute atomic E-state index is 12.5. The topological polar surface area (TPSA) is 81.3 Å². The minimum Gasteiger partial charge on any atom is -0.309 e. The minimum atomic E-state index is -4.76. The number of hydrogen-bond donors (Lipinski definition) is 1. The van der Waals surface area contributed by atoms with E-state index < -0.39 is 31.3 Å². The highest BCUT2D eigenvalue weighted by molar-refractivity contribution is 7.53. The van der Waals surface area contributed by atoms with Crippen molar-refractivity contribution in [3.05, 3.63) is 27.9 Å². The summed E-state index contributed by atoms with van der Waals surface area (Å²) >= 11 is 0. The van der Waals surface area contributed by atoms with E-state index in [-0.39, 0.29) is 18.9 Å². The van der Waals surface area contributed by atoms with Gasteiger partial charge in [0, 0.05) is 5.69 Å². The summed E-state index contributed by atoms with van der Waals surface area (Å²) in [7, 11) is -3.60. The third-order valence-corrected chi connectivity index (χ3v) is 4.14. The van der Waals surface area contributed by atoms with Crippen LogP contribution in [0.15, 0.2) is 10.9 Å². The van der Waals surface area contributed by atoms with Crippen LogP contribution in [0.1, 0.15) is 25.2 Å². The van der Waals surface area contributed by atoms with Gasteiger partial charge in [0.15, 0.2) is 5.69 Å². The first-order chi connectivity index (χ1) is 9.20. The zero-order valence-corrected chi connectivity index (χ0v) is 11.8. The van der Waals surface area contributed by atoms with E-state index in [9.17, 15) is 22.5 Å². The van der Waals surface area contributed by atoms with Crippen molar-refractivity contribution in [2.75, 3.05) is 13.2 Å². The molecule has 1 aromatic heterocycles. The Kier molecular flexibility index (Phi) is 5.50. The molecule has 6 nitrogen and oxygen atoms in total. The van der Waals surface area contributed by atoms with E-state index in [1.54, 1.807) is 13.8 Å². The van der Waals surface area contributed by atoms with Crippen molar-refractivity contribution in [1.29, 1.82) is 0 Å². The molecule has 0 aliphatic rings. The SMILES string of the molecule is CCOP(=O)(Cc1cc(C(F)(F)F)nc(=O)[nH]1)OCC. The Morgan fingerprint density at radius 1 is 1.30 bits per heavy atom. The van der Waals surface area contributed by atoms with Crippen molar-refractivity contribution < 1.29 is 26.8 Å². The van der Waals surface area contributed by atoms with Crippen LogP contribution in [0, 0.1) is 0 Å². The Labute approximate surface area is 112 Å². The van der Waals surface area contributed by atoms with Crippen LogP contribution in [-0.2, 0) is 26.0 Å². The van der Waals surface area contributed by atoms with Gasteiger partial charge in [-0.05, 0) is 19.9 Å². The van der Waals surface area contributed by atoms with E-state index >= 15 is 0 Å². The molecule has 10 heteroatoms. The Morgan fingerprint density at radius 2 is 1.85 bits per heavy atom. The maximum Gasteiger partial charge on any atom is 0.433 e. The third kappa shape index (κ3) is 4.73. The van der Waals surface area contributed by atoms with Crippen molar-refractivity contribution >= 4 is 7.60 Å². The number of hydrogen-bond acceptors (Lipinski definition) is 5. The van der Waals surface area contributed by atoms with Crippen molar-refractivity contribution in [1.82, 2.24) is 9.97 Å². The number of rotatable bonds is 6. The van der Waals surface area contributed by atoms with Gasteiger partial charge in [-0.3, -0.25) is 4.57 Å². The summed E-state index contributed by atoms with van der Waals surface area (Å²) in [6.07, 6.45) is -5.22. The molecule has 0 aliphatic heterocycles. The predicted molar refractivity (Wildman–Crippen MR) is 64.4 cm³/mol. The van der Waals surface area contributed by atoms with Crippen molar-refractivity contribution in [2.45, 2.75) is 26.2 Å². The molecule has 0 unspecified atom stereocenters. The number of alkyl halides is 3. The number of nitrogens with one attached hydrogen (secondary N) is 1. The summed E-state index contributed by atoms with van der Waals surface area (Å²) in [6, 6.07) is 0.617. The molecule has 1 aromatic rings. The molecule has 1 rings (SSSR count). The Bertz CT molecular complexity index is 548. The second-order valence-electron chi connectivity index (χ2n) is 3.70. The molecule has 0 amide bonds. The van der Waals surface area contributed by atoms with Gasteiger partial charge in [-0.2, -0.15) is 18.2 Å². The zero-order valence-electron chi connectivity index (χ0n) is 10.9. The molecule has 0 fully saturated rings. The smallest absolute Gasteiger partial charge is 0.309 e. The lowest BCUT2D eigenvalue weighted by atomic mass is 10.3. The summed E-state index contributed by atoms with van der Waals surface area (Å²) < 4.78 is 59.7. The van der Waals surface area contributed by atoms with Crippen LogP contribution in [0.25, 0.3) is 0 Å². The first-order valence-corrected chi connectivity index (χ1v) is 7.48. The van der Waals surface area contributed by atoms with Crippen molar-refractivity contribution in [3.63, 3.8) is 0 Å². The fourth-order valence-corrected chi connectivity index (χ4v) is 3.10. The predicted octanol–water partition coefficient (Wildman–Crippen LogP) is 2.55. The standard InChI is InChI=1S/C10H14F3N2O4P/c1-3-18-20(17,19-4-2)6-7-5-8(10(11,12)13)15-9(16)14-7/h5H,3-4,6H2,1-2H3,(H,14,15,16). The van der Waals surface area contributed by atoms with Gasteiger partial charge in [0.1, 0.15) is 0 Å². The quantitative estimate of drug-likeness (QED) is 0.816. The molecule has 0 radical (unpaired) electrons. The van der Waals surface area contributed by atoms with Gasteiger partial charge >= 0.3 is 19.5 Å². The second-order valence-corrected chi connectivity index (χ2v) is 5.75. The number of H-pyrrole nitrogens is 1. The van der Waals surface area contributed by atoms with Gasteiger partial charge in [0.2, 0.25) is 0 Å². The number of halogens is 3. The van der Waals surface area contributed by atoms with E-state index in [2.05, 4.69) is 9.97 Å². The average molecular weight is 314 g/mol. The first kappa shape index (κ1) is 16.9. The van der Waals surface area contributed by atoms with Gasteiger partial charge in [-0.25, -0.2) is 4.79 Å². The van der Waals surface area contributed by atoms with Gasteiger partial charge in [0.25, 0.3) is 0 Å². The fourth-order valence-electron chi connectivity index (χ4n) is 1.47. The summed E-state index contributed by atoms with van der Waals surface area (Å²) in [4.78, 5) is 16.0. The lowest BCUT2D eigenvalue weighted by molar-refractivity contribution is -0.141. The molecule has 114 valence electrons. The molecule has 0 atom stereocenters. The Morgan fingerprint density at radius 3 is 2.30 bits per heavy atom. The summed E-state index contributed by atoms with van der Waals surface area (Å²) in [6.45, 7) is 3.28. The van der Waals surface area contributed by atoms with Gasteiger partial charge in [-0.1, -0.05) is 0 Å². The van der Waals surface area contributed by atoms with E-state index in [0.717, 1.165) is 0 Å². The van der Waals surface area contributed by atoms with E-state index in [0.29, 0.717) is 6.07 Å². The van der Waals surface area contributed by atoms with Crippen LogP contribution >= 0.6 is 7.60 Å². The molecule has 1 heterocycles. The molecule has 0 bridgehead atoms. The Hall–Kier alpha value is -1.18. The van der Waals surface area contributed by atoms with Crippen LogP contribution in [0.5, 0.6) is 0 Å². The van der Waals surface area contributed by atoms with Crippen LogP contribution in [0.4, 0.5) is 13.2 Å². The Balaban J connectivity index is 3.11. The zero-order chi connectivity index (χ0) is 15.4. The van der Waals surface area contributed by atoms with Crippen molar-refractivity contribution in [2.24, 2.45) is 0 Å². The molecular weight excluding hydrogens is 300 g/mol. The average Bonchev–Trinajstić information content (AvgIpc) is 2.26. The summed E-state index contributed by atoms with van der Waals surface area (Å²) in [5.41, 5.74) is -2.73. The number of nitrogens with zero attached hydrogens (tertiary/aromatic N) is 1. The largest absolute Gasteiger partial charge is 0.433 e. The normalized spacial score (nSPS) is 12.7. The summed E-state index contributed by atoms with van der Waals surface area (Å²) in [5.74, 6) is 0. The monoisotopic (exact) mass is 314 g/mol. The van der Waals surface area contributed by atoms with Gasteiger partial charge in [-0.15, -0.1) is 0 Å². The van der Waals surface area contributed by atoms with E-state index in [1.165, 1.54) is 0 Å². The van der Waals surface area contributed by atoms with Crippen LogP contribution in [0.2, 0.25) is 0 Å². The van der Waals surface area contributed by atoms with Gasteiger partial charge in [0.05, 0.1) is 19.4 Å². The molecule has 0 spiro atoms. The lowest BCUT2D eigenvalue weighted by Crippen LogP contribution is -2.20. The first-order valence-electron chi connectivity index (χ1n) is 5.75. The van der Waals surface area contributed by atoms with Crippen LogP contribution < -0.4 is 5.69 Å². The molecule has 0 aromatic carbocycles. The van der Waals surface area contributed by atoms with Crippen LogP contribution in [-0.4, -0.2) is 23.2 Å². The fraction of sp³-hybridized carbons (Fsp3) is 0.600. The van der Waals surface area contributed by atoms with E-state index in [1.807, 2.05) is 0 Å². The highest BCUT2D eigenvalue weighted by Gasteiger charge is 2.34. The summed E-state index contributed by atoms with van der Waals surface area (Å²) in [5, 5.41) is 0. The third-order valence-electron chi connectivity index (χ3n) is 2.11. The second kappa shape index (κ2) is 6.51. The molecule has 20 heavy (non-hydrogen) atoms. The van der Waals surface area contributed by atoms with Crippen LogP contribution in [0.3, 0.4) is 0 Å². The van der Waals surface area contributed by atoms with Gasteiger partial charge < -0.3 is 14.0 Å². The molecular formula is C10H14F3N2O4P. The number of aromatic amines is 1. The number of aromatic nitrogens is 2. The van der Waals surface area contributed by atoms with E-state index in [4.69, 9.17) is 9.05 Å². The van der Waals surface area contributed by atoms with Crippen molar-refractivity contribution in [3.8, 4) is 0 Å². The highest BCUT2D eigenvalue weighted by Crippen LogP contribution is 2.51. The highest BCUT2D eigenvalue weighted by atomic mass is 31.2. The molecule has 1 N–H and O–H groups in total. The molecule has 0 saturated heterocycles. The molecule has 0 aliphatic carbocycles. The minimum absolute atomic E-state index is 0.0682.